The van der Waals surface area contributed by atoms with E-state index in [-0.39, 0.29) is 23.8 Å². The standard InChI is InChI=1S/C21H17FN4O2/c1-14-4-10-17(11-5-14)26-21(28)18-3-2-12-23-20(18)25(26)13-19(27)24-16-8-6-15(22)7-9-16/h2-12H,13H2,1H3,(H,24,27). The summed E-state index contributed by atoms with van der Waals surface area (Å²) in [4.78, 5) is 29.8. The second-order valence-corrected chi connectivity index (χ2v) is 6.44. The number of rotatable bonds is 4. The van der Waals surface area contributed by atoms with Gasteiger partial charge in [0, 0.05) is 11.9 Å². The van der Waals surface area contributed by atoms with E-state index in [0.29, 0.717) is 22.4 Å². The minimum Gasteiger partial charge on any atom is -0.324 e. The molecule has 0 atom stereocenters. The van der Waals surface area contributed by atoms with Crippen molar-refractivity contribution < 1.29 is 9.18 Å². The third-order valence-corrected chi connectivity index (χ3v) is 4.40. The molecule has 2 heterocycles. The first-order valence-electron chi connectivity index (χ1n) is 8.72. The van der Waals surface area contributed by atoms with Crippen molar-refractivity contribution in [3.63, 3.8) is 0 Å². The van der Waals surface area contributed by atoms with Crippen molar-refractivity contribution in [1.82, 2.24) is 14.3 Å². The number of nitrogens with one attached hydrogen (secondary N) is 1. The molecule has 0 spiro atoms. The molecule has 140 valence electrons. The number of aromatic nitrogens is 3. The van der Waals surface area contributed by atoms with E-state index in [0.717, 1.165) is 5.56 Å². The zero-order chi connectivity index (χ0) is 19.7. The Morgan fingerprint density at radius 3 is 2.50 bits per heavy atom. The molecule has 2 aromatic heterocycles. The number of fused-ring (bicyclic) bond motifs is 1. The summed E-state index contributed by atoms with van der Waals surface area (Å²) in [5.41, 5.74) is 2.35. The predicted octanol–water partition coefficient (Wildman–Crippen LogP) is 3.27. The summed E-state index contributed by atoms with van der Waals surface area (Å²) in [7, 11) is 0. The van der Waals surface area contributed by atoms with Crippen LogP contribution in [0.4, 0.5) is 10.1 Å². The molecule has 1 amide bonds. The monoisotopic (exact) mass is 376 g/mol. The van der Waals surface area contributed by atoms with Crippen LogP contribution in [-0.2, 0) is 11.3 Å². The van der Waals surface area contributed by atoms with E-state index in [1.807, 2.05) is 31.2 Å². The fraction of sp³-hybridized carbons (Fsp3) is 0.0952. The number of aryl methyl sites for hydroxylation is 1. The Bertz CT molecular complexity index is 1210. The Hall–Kier alpha value is -3.74. The SMILES string of the molecule is Cc1ccc(-n2c(=O)c3cccnc3n2CC(=O)Nc2ccc(F)cc2)cc1. The van der Waals surface area contributed by atoms with Crippen LogP contribution in [0.5, 0.6) is 0 Å². The van der Waals surface area contributed by atoms with Crippen LogP contribution < -0.4 is 10.9 Å². The van der Waals surface area contributed by atoms with Gasteiger partial charge in [0.25, 0.3) is 5.56 Å². The molecule has 0 saturated carbocycles. The fourth-order valence-corrected chi connectivity index (χ4v) is 3.05. The van der Waals surface area contributed by atoms with Crippen LogP contribution in [0, 0.1) is 12.7 Å². The number of pyridine rings is 1. The second-order valence-electron chi connectivity index (χ2n) is 6.44. The Kier molecular flexibility index (Phi) is 4.49. The summed E-state index contributed by atoms with van der Waals surface area (Å²) < 4.78 is 16.0. The molecule has 2 aromatic carbocycles. The quantitative estimate of drug-likeness (QED) is 0.594. The summed E-state index contributed by atoms with van der Waals surface area (Å²) >= 11 is 0. The van der Waals surface area contributed by atoms with Gasteiger partial charge >= 0.3 is 0 Å². The molecular formula is C21H17FN4O2. The van der Waals surface area contributed by atoms with Gasteiger partial charge in [-0.1, -0.05) is 17.7 Å². The molecule has 4 aromatic rings. The zero-order valence-electron chi connectivity index (χ0n) is 15.1. The normalized spacial score (nSPS) is 10.9. The van der Waals surface area contributed by atoms with Gasteiger partial charge in [-0.3, -0.25) is 14.3 Å². The Morgan fingerprint density at radius 2 is 1.79 bits per heavy atom. The van der Waals surface area contributed by atoms with Crippen molar-refractivity contribution in [2.24, 2.45) is 0 Å². The van der Waals surface area contributed by atoms with Crippen LogP contribution in [-0.4, -0.2) is 20.3 Å². The smallest absolute Gasteiger partial charge is 0.280 e. The Labute approximate surface area is 159 Å². The largest absolute Gasteiger partial charge is 0.324 e. The first kappa shape index (κ1) is 17.7. The third kappa shape index (κ3) is 3.29. The number of halogens is 1. The summed E-state index contributed by atoms with van der Waals surface area (Å²) in [6, 6.07) is 16.3. The maximum Gasteiger partial charge on any atom is 0.280 e. The number of carbonyl (C=O) groups excluding carboxylic acids is 1. The van der Waals surface area contributed by atoms with Crippen LogP contribution in [0.25, 0.3) is 16.7 Å². The summed E-state index contributed by atoms with van der Waals surface area (Å²) in [5.74, 6) is -0.734. The van der Waals surface area contributed by atoms with Crippen molar-refractivity contribution in [2.45, 2.75) is 13.5 Å². The maximum atomic E-state index is 13.1. The van der Waals surface area contributed by atoms with Crippen LogP contribution in [0.1, 0.15) is 5.56 Å². The molecule has 0 aliphatic heterocycles. The topological polar surface area (TPSA) is 68.9 Å². The van der Waals surface area contributed by atoms with Gasteiger partial charge in [0.15, 0.2) is 5.65 Å². The molecule has 0 aliphatic rings. The minimum absolute atomic E-state index is 0.124. The number of hydrogen-bond donors (Lipinski definition) is 1. The lowest BCUT2D eigenvalue weighted by atomic mass is 10.2. The van der Waals surface area contributed by atoms with Crippen LogP contribution in [0.2, 0.25) is 0 Å². The summed E-state index contributed by atoms with van der Waals surface area (Å²) in [5, 5.41) is 3.14. The average Bonchev–Trinajstić information content (AvgIpc) is 2.97. The van der Waals surface area contributed by atoms with E-state index in [1.54, 1.807) is 23.0 Å². The highest BCUT2D eigenvalue weighted by Crippen LogP contribution is 2.15. The van der Waals surface area contributed by atoms with Crippen LogP contribution in [0.15, 0.2) is 71.7 Å². The molecule has 1 N–H and O–H groups in total. The highest BCUT2D eigenvalue weighted by atomic mass is 19.1. The van der Waals surface area contributed by atoms with Gasteiger partial charge in [0.1, 0.15) is 12.4 Å². The van der Waals surface area contributed by atoms with Gasteiger partial charge in [0.05, 0.1) is 11.1 Å². The molecule has 0 unspecified atom stereocenters. The van der Waals surface area contributed by atoms with Gasteiger partial charge in [-0.05, 0) is 55.5 Å². The van der Waals surface area contributed by atoms with Gasteiger partial charge in [-0.25, -0.2) is 14.1 Å². The molecule has 28 heavy (non-hydrogen) atoms. The van der Waals surface area contributed by atoms with E-state index in [1.165, 1.54) is 28.9 Å². The fourth-order valence-electron chi connectivity index (χ4n) is 3.05. The third-order valence-electron chi connectivity index (χ3n) is 4.40. The number of benzene rings is 2. The highest BCUT2D eigenvalue weighted by Gasteiger charge is 2.17. The van der Waals surface area contributed by atoms with Crippen LogP contribution >= 0.6 is 0 Å². The molecule has 0 bridgehead atoms. The molecule has 7 heteroatoms. The van der Waals surface area contributed by atoms with Gasteiger partial charge in [0.2, 0.25) is 5.91 Å². The van der Waals surface area contributed by atoms with Crippen molar-refractivity contribution in [3.05, 3.63) is 88.6 Å². The lowest BCUT2D eigenvalue weighted by Crippen LogP contribution is -2.27. The maximum absolute atomic E-state index is 13.1. The Morgan fingerprint density at radius 1 is 1.07 bits per heavy atom. The first-order chi connectivity index (χ1) is 13.5. The zero-order valence-corrected chi connectivity index (χ0v) is 15.1. The number of carbonyl (C=O) groups is 1. The molecule has 4 rings (SSSR count). The molecule has 0 fully saturated rings. The van der Waals surface area contributed by atoms with E-state index < -0.39 is 0 Å². The Balaban J connectivity index is 1.75. The number of hydrogen-bond acceptors (Lipinski definition) is 3. The van der Waals surface area contributed by atoms with Crippen LogP contribution in [0.3, 0.4) is 0 Å². The van der Waals surface area contributed by atoms with Crippen molar-refractivity contribution in [3.8, 4) is 5.69 Å². The van der Waals surface area contributed by atoms with Gasteiger partial charge in [-0.2, -0.15) is 0 Å². The molecular weight excluding hydrogens is 359 g/mol. The lowest BCUT2D eigenvalue weighted by molar-refractivity contribution is -0.116. The molecule has 0 aliphatic carbocycles. The molecule has 0 saturated heterocycles. The minimum atomic E-state index is -0.383. The second kappa shape index (κ2) is 7.11. The van der Waals surface area contributed by atoms with E-state index in [9.17, 15) is 14.0 Å². The number of nitrogens with zero attached hydrogens (tertiary/aromatic N) is 3. The van der Waals surface area contributed by atoms with Crippen molar-refractivity contribution >= 4 is 22.6 Å². The van der Waals surface area contributed by atoms with E-state index >= 15 is 0 Å². The van der Waals surface area contributed by atoms with E-state index in [4.69, 9.17) is 0 Å². The van der Waals surface area contributed by atoms with E-state index in [2.05, 4.69) is 10.3 Å². The van der Waals surface area contributed by atoms with Crippen molar-refractivity contribution in [2.75, 3.05) is 5.32 Å². The molecule has 6 nitrogen and oxygen atoms in total. The summed E-state index contributed by atoms with van der Waals surface area (Å²) in [6.45, 7) is 1.83. The first-order valence-corrected chi connectivity index (χ1v) is 8.72. The lowest BCUT2D eigenvalue weighted by Gasteiger charge is -2.13. The average molecular weight is 376 g/mol. The van der Waals surface area contributed by atoms with Gasteiger partial charge < -0.3 is 5.32 Å². The van der Waals surface area contributed by atoms with Crippen molar-refractivity contribution in [1.29, 1.82) is 0 Å². The molecule has 0 radical (unpaired) electrons. The van der Waals surface area contributed by atoms with Gasteiger partial charge in [-0.15, -0.1) is 0 Å². The number of anilines is 1. The predicted molar refractivity (Wildman–Crippen MR) is 105 cm³/mol. The number of amides is 1. The highest BCUT2D eigenvalue weighted by molar-refractivity contribution is 5.91. The summed E-state index contributed by atoms with van der Waals surface area (Å²) in [6.07, 6.45) is 1.58.